The second kappa shape index (κ2) is 16.2. The van der Waals surface area contributed by atoms with Gasteiger partial charge in [-0.2, -0.15) is 0 Å². The van der Waals surface area contributed by atoms with Crippen molar-refractivity contribution in [1.82, 2.24) is 0 Å². The Kier molecular flexibility index (Phi) is 13.8. The number of hydrogen-bond acceptors (Lipinski definition) is 5. The third-order valence-electron chi connectivity index (χ3n) is 4.13. The van der Waals surface area contributed by atoms with E-state index in [-0.39, 0.29) is 31.4 Å². The zero-order valence-electron chi connectivity index (χ0n) is 16.6. The van der Waals surface area contributed by atoms with Crippen LogP contribution in [0.5, 0.6) is 5.75 Å². The Hall–Kier alpha value is -2.04. The van der Waals surface area contributed by atoms with E-state index in [4.69, 9.17) is 14.2 Å². The van der Waals surface area contributed by atoms with Crippen LogP contribution in [0.4, 0.5) is 0 Å². The molecule has 0 N–H and O–H groups in total. The number of benzene rings is 1. The SMILES string of the molecule is CCCCCCCCCOC(=O)CCCC(=O)OCCOc1ccccc1. The topological polar surface area (TPSA) is 61.8 Å². The van der Waals surface area contributed by atoms with Crippen molar-refractivity contribution < 1.29 is 23.8 Å². The molecule has 5 nitrogen and oxygen atoms in total. The largest absolute Gasteiger partial charge is 0.490 e. The van der Waals surface area contributed by atoms with Crippen molar-refractivity contribution >= 4 is 11.9 Å². The van der Waals surface area contributed by atoms with Crippen molar-refractivity contribution in [3.8, 4) is 5.75 Å². The van der Waals surface area contributed by atoms with E-state index < -0.39 is 0 Å². The molecule has 0 saturated heterocycles. The molecule has 5 heteroatoms. The molecule has 0 atom stereocenters. The van der Waals surface area contributed by atoms with Gasteiger partial charge in [-0.05, 0) is 25.0 Å². The molecule has 0 aliphatic rings. The van der Waals surface area contributed by atoms with Crippen LogP contribution in [0.25, 0.3) is 0 Å². The minimum Gasteiger partial charge on any atom is -0.490 e. The molecule has 0 amide bonds. The van der Waals surface area contributed by atoms with E-state index in [1.54, 1.807) is 0 Å². The number of para-hydroxylation sites is 1. The van der Waals surface area contributed by atoms with Crippen LogP contribution in [0.1, 0.15) is 71.1 Å². The summed E-state index contributed by atoms with van der Waals surface area (Å²) in [4.78, 5) is 23.2. The standard InChI is InChI=1S/C22H34O5/c1-2-3-4-5-6-7-11-17-26-21(23)15-12-16-22(24)27-19-18-25-20-13-9-8-10-14-20/h8-10,13-14H,2-7,11-12,15-19H2,1H3. The summed E-state index contributed by atoms with van der Waals surface area (Å²) in [5, 5.41) is 0. The van der Waals surface area contributed by atoms with E-state index >= 15 is 0 Å². The van der Waals surface area contributed by atoms with Crippen LogP contribution in [0, 0.1) is 0 Å². The quantitative estimate of drug-likeness (QED) is 0.297. The zero-order chi connectivity index (χ0) is 19.6. The summed E-state index contributed by atoms with van der Waals surface area (Å²) in [6.45, 7) is 3.21. The van der Waals surface area contributed by atoms with Gasteiger partial charge in [0.2, 0.25) is 0 Å². The number of rotatable bonds is 16. The summed E-state index contributed by atoms with van der Waals surface area (Å²) in [6, 6.07) is 9.37. The van der Waals surface area contributed by atoms with E-state index in [0.717, 1.165) is 18.6 Å². The summed E-state index contributed by atoms with van der Waals surface area (Å²) in [5.74, 6) is 0.199. The van der Waals surface area contributed by atoms with Crippen molar-refractivity contribution in [2.45, 2.75) is 71.1 Å². The second-order valence-corrected chi connectivity index (χ2v) is 6.58. The van der Waals surface area contributed by atoms with Gasteiger partial charge in [0.05, 0.1) is 6.61 Å². The Morgan fingerprint density at radius 2 is 1.30 bits per heavy atom. The van der Waals surface area contributed by atoms with Crippen molar-refractivity contribution in [3.05, 3.63) is 30.3 Å². The van der Waals surface area contributed by atoms with Crippen LogP contribution >= 0.6 is 0 Å². The van der Waals surface area contributed by atoms with Gasteiger partial charge in [0.1, 0.15) is 19.0 Å². The van der Waals surface area contributed by atoms with Gasteiger partial charge in [-0.25, -0.2) is 0 Å². The highest BCUT2D eigenvalue weighted by atomic mass is 16.6. The fourth-order valence-electron chi connectivity index (χ4n) is 2.60. The molecule has 0 radical (unpaired) electrons. The van der Waals surface area contributed by atoms with Crippen molar-refractivity contribution in [2.75, 3.05) is 19.8 Å². The first kappa shape index (κ1) is 23.0. The summed E-state index contributed by atoms with van der Waals surface area (Å²) < 4.78 is 15.7. The smallest absolute Gasteiger partial charge is 0.305 e. The fraction of sp³-hybridized carbons (Fsp3) is 0.636. The molecule has 0 aliphatic carbocycles. The first-order valence-corrected chi connectivity index (χ1v) is 10.2. The molecular formula is C22H34O5. The van der Waals surface area contributed by atoms with Gasteiger partial charge in [0.25, 0.3) is 0 Å². The predicted molar refractivity (Wildman–Crippen MR) is 106 cm³/mol. The molecule has 1 aromatic carbocycles. The lowest BCUT2D eigenvalue weighted by Gasteiger charge is -2.07. The van der Waals surface area contributed by atoms with Crippen LogP contribution in [-0.2, 0) is 19.1 Å². The normalized spacial score (nSPS) is 10.4. The lowest BCUT2D eigenvalue weighted by Crippen LogP contribution is -2.13. The number of carbonyl (C=O) groups excluding carboxylic acids is 2. The summed E-state index contributed by atoms with van der Waals surface area (Å²) in [6.07, 6.45) is 9.28. The van der Waals surface area contributed by atoms with Crippen LogP contribution < -0.4 is 4.74 Å². The number of unbranched alkanes of at least 4 members (excludes halogenated alkanes) is 6. The van der Waals surface area contributed by atoms with Gasteiger partial charge in [-0.1, -0.05) is 63.6 Å². The molecule has 0 bridgehead atoms. The average molecular weight is 379 g/mol. The van der Waals surface area contributed by atoms with Gasteiger partial charge >= 0.3 is 11.9 Å². The zero-order valence-corrected chi connectivity index (χ0v) is 16.6. The van der Waals surface area contributed by atoms with Crippen molar-refractivity contribution in [3.63, 3.8) is 0 Å². The molecule has 0 aliphatic heterocycles. The third kappa shape index (κ3) is 13.8. The molecule has 27 heavy (non-hydrogen) atoms. The average Bonchev–Trinajstić information content (AvgIpc) is 2.68. The second-order valence-electron chi connectivity index (χ2n) is 6.58. The Labute approximate surface area is 163 Å². The monoisotopic (exact) mass is 378 g/mol. The lowest BCUT2D eigenvalue weighted by molar-refractivity contribution is -0.146. The Bertz CT molecular complexity index is 501. The number of hydrogen-bond donors (Lipinski definition) is 0. The fourth-order valence-corrected chi connectivity index (χ4v) is 2.60. The highest BCUT2D eigenvalue weighted by molar-refractivity contribution is 5.72. The van der Waals surface area contributed by atoms with E-state index in [1.807, 2.05) is 30.3 Å². The summed E-state index contributed by atoms with van der Waals surface area (Å²) in [7, 11) is 0. The summed E-state index contributed by atoms with van der Waals surface area (Å²) in [5.41, 5.74) is 0. The first-order valence-electron chi connectivity index (χ1n) is 10.2. The Balaban J connectivity index is 1.89. The minimum absolute atomic E-state index is 0.205. The van der Waals surface area contributed by atoms with Gasteiger partial charge in [-0.15, -0.1) is 0 Å². The molecule has 0 saturated carbocycles. The first-order chi connectivity index (χ1) is 13.2. The van der Waals surface area contributed by atoms with Crippen LogP contribution in [0.15, 0.2) is 30.3 Å². The van der Waals surface area contributed by atoms with E-state index in [0.29, 0.717) is 19.6 Å². The predicted octanol–water partition coefficient (Wildman–Crippen LogP) is 5.07. The van der Waals surface area contributed by atoms with Crippen LogP contribution in [0.2, 0.25) is 0 Å². The van der Waals surface area contributed by atoms with Crippen molar-refractivity contribution in [1.29, 1.82) is 0 Å². The van der Waals surface area contributed by atoms with Crippen LogP contribution in [0.3, 0.4) is 0 Å². The molecule has 0 heterocycles. The molecule has 0 unspecified atom stereocenters. The van der Waals surface area contributed by atoms with Crippen LogP contribution in [-0.4, -0.2) is 31.8 Å². The van der Waals surface area contributed by atoms with Gasteiger partial charge < -0.3 is 14.2 Å². The maximum absolute atomic E-state index is 11.6. The third-order valence-corrected chi connectivity index (χ3v) is 4.13. The van der Waals surface area contributed by atoms with E-state index in [1.165, 1.54) is 32.1 Å². The minimum atomic E-state index is -0.313. The maximum atomic E-state index is 11.6. The van der Waals surface area contributed by atoms with Crippen molar-refractivity contribution in [2.24, 2.45) is 0 Å². The molecule has 1 aromatic rings. The van der Waals surface area contributed by atoms with E-state index in [9.17, 15) is 9.59 Å². The molecule has 152 valence electrons. The molecule has 1 rings (SSSR count). The van der Waals surface area contributed by atoms with Gasteiger partial charge in [0, 0.05) is 12.8 Å². The molecule has 0 aromatic heterocycles. The Morgan fingerprint density at radius 1 is 0.704 bits per heavy atom. The summed E-state index contributed by atoms with van der Waals surface area (Å²) >= 11 is 0. The molecule has 0 spiro atoms. The number of carbonyl (C=O) groups is 2. The lowest BCUT2D eigenvalue weighted by atomic mass is 10.1. The Morgan fingerprint density at radius 3 is 1.96 bits per heavy atom. The number of ether oxygens (including phenoxy) is 3. The number of esters is 2. The highest BCUT2D eigenvalue weighted by Gasteiger charge is 2.07. The van der Waals surface area contributed by atoms with E-state index in [2.05, 4.69) is 6.92 Å². The highest BCUT2D eigenvalue weighted by Crippen LogP contribution is 2.09. The maximum Gasteiger partial charge on any atom is 0.305 e. The van der Waals surface area contributed by atoms with Gasteiger partial charge in [-0.3, -0.25) is 9.59 Å². The van der Waals surface area contributed by atoms with Gasteiger partial charge in [0.15, 0.2) is 0 Å². The molecular weight excluding hydrogens is 344 g/mol. The molecule has 0 fully saturated rings.